The van der Waals surface area contributed by atoms with Gasteiger partial charge in [0.15, 0.2) is 5.82 Å². The Morgan fingerprint density at radius 3 is 2.57 bits per heavy atom. The molecule has 2 amide bonds. The van der Waals surface area contributed by atoms with E-state index < -0.39 is 0 Å². The van der Waals surface area contributed by atoms with Gasteiger partial charge in [-0.3, -0.25) is 9.59 Å². The standard InChI is InChI=1S/C16H19N3O4/c1-11-9-14(19-23-11)18-15(20)7-8-17-16(21)10-12-3-5-13(22-2)6-4-12/h3-6,9H,7-8,10H2,1-2H3,(H,17,21)(H,18,19,20). The zero-order valence-corrected chi connectivity index (χ0v) is 13.1. The maximum absolute atomic E-state index is 11.8. The van der Waals surface area contributed by atoms with Crippen LogP contribution in [0.3, 0.4) is 0 Å². The van der Waals surface area contributed by atoms with Crippen molar-refractivity contribution in [2.24, 2.45) is 0 Å². The van der Waals surface area contributed by atoms with Gasteiger partial charge in [0.05, 0.1) is 13.5 Å². The Bertz CT molecular complexity index is 664. The minimum absolute atomic E-state index is 0.139. The summed E-state index contributed by atoms with van der Waals surface area (Å²) in [5.41, 5.74) is 0.880. The van der Waals surface area contributed by atoms with Crippen LogP contribution in [0.1, 0.15) is 17.7 Å². The molecular formula is C16H19N3O4. The minimum Gasteiger partial charge on any atom is -0.497 e. The summed E-state index contributed by atoms with van der Waals surface area (Å²) in [7, 11) is 1.59. The fourth-order valence-electron chi connectivity index (χ4n) is 1.94. The van der Waals surface area contributed by atoms with E-state index in [9.17, 15) is 9.59 Å². The number of methoxy groups -OCH3 is 1. The Balaban J connectivity index is 1.68. The third kappa shape index (κ3) is 5.46. The molecule has 0 unspecified atom stereocenters. The van der Waals surface area contributed by atoms with E-state index in [1.807, 2.05) is 12.1 Å². The van der Waals surface area contributed by atoms with Crippen LogP contribution in [-0.2, 0) is 16.0 Å². The van der Waals surface area contributed by atoms with Crippen LogP contribution < -0.4 is 15.4 Å². The number of aromatic nitrogens is 1. The first-order valence-electron chi connectivity index (χ1n) is 7.19. The number of aryl methyl sites for hydroxylation is 1. The molecule has 1 heterocycles. The molecule has 0 bridgehead atoms. The van der Waals surface area contributed by atoms with Crippen LogP contribution in [0, 0.1) is 6.92 Å². The van der Waals surface area contributed by atoms with E-state index in [4.69, 9.17) is 9.26 Å². The van der Waals surface area contributed by atoms with Crippen LogP contribution in [0.25, 0.3) is 0 Å². The van der Waals surface area contributed by atoms with Crippen molar-refractivity contribution < 1.29 is 18.8 Å². The number of carbonyl (C=O) groups is 2. The van der Waals surface area contributed by atoms with E-state index in [0.29, 0.717) is 11.6 Å². The summed E-state index contributed by atoms with van der Waals surface area (Å²) < 4.78 is 9.91. The fraction of sp³-hybridized carbons (Fsp3) is 0.312. The number of amides is 2. The van der Waals surface area contributed by atoms with Gasteiger partial charge in [0, 0.05) is 19.0 Å². The zero-order valence-electron chi connectivity index (χ0n) is 13.1. The van der Waals surface area contributed by atoms with E-state index in [0.717, 1.165) is 11.3 Å². The summed E-state index contributed by atoms with van der Waals surface area (Å²) in [5, 5.41) is 8.96. The van der Waals surface area contributed by atoms with Crippen molar-refractivity contribution in [1.82, 2.24) is 10.5 Å². The molecule has 0 aliphatic carbocycles. The lowest BCUT2D eigenvalue weighted by molar-refractivity contribution is -0.120. The maximum Gasteiger partial charge on any atom is 0.227 e. The first-order valence-corrected chi connectivity index (χ1v) is 7.19. The highest BCUT2D eigenvalue weighted by molar-refractivity contribution is 5.90. The molecule has 7 heteroatoms. The number of ether oxygens (including phenoxy) is 1. The van der Waals surface area contributed by atoms with Gasteiger partial charge in [0.2, 0.25) is 11.8 Å². The molecule has 1 aromatic heterocycles. The van der Waals surface area contributed by atoms with Crippen molar-refractivity contribution in [2.75, 3.05) is 19.0 Å². The number of nitrogens with one attached hydrogen (secondary N) is 2. The Labute approximate surface area is 134 Å². The average Bonchev–Trinajstić information content (AvgIpc) is 2.93. The molecule has 0 saturated heterocycles. The van der Waals surface area contributed by atoms with E-state index in [1.165, 1.54) is 0 Å². The normalized spacial score (nSPS) is 10.2. The topological polar surface area (TPSA) is 93.5 Å². The summed E-state index contributed by atoms with van der Waals surface area (Å²) in [6.45, 7) is 2.00. The van der Waals surface area contributed by atoms with Gasteiger partial charge in [-0.15, -0.1) is 0 Å². The highest BCUT2D eigenvalue weighted by Gasteiger charge is 2.08. The van der Waals surface area contributed by atoms with Gasteiger partial charge in [-0.05, 0) is 24.6 Å². The lowest BCUT2D eigenvalue weighted by atomic mass is 10.1. The van der Waals surface area contributed by atoms with Crippen LogP contribution in [0.2, 0.25) is 0 Å². The molecule has 0 spiro atoms. The molecule has 122 valence electrons. The average molecular weight is 317 g/mol. The lowest BCUT2D eigenvalue weighted by Crippen LogP contribution is -2.28. The molecule has 0 aliphatic rings. The number of anilines is 1. The van der Waals surface area contributed by atoms with Crippen LogP contribution in [-0.4, -0.2) is 30.6 Å². The number of hydrogen-bond donors (Lipinski definition) is 2. The molecule has 2 aromatic rings. The third-order valence-electron chi connectivity index (χ3n) is 3.09. The molecule has 0 aliphatic heterocycles. The molecule has 23 heavy (non-hydrogen) atoms. The molecule has 0 radical (unpaired) electrons. The van der Waals surface area contributed by atoms with Crippen molar-refractivity contribution in [3.8, 4) is 5.75 Å². The van der Waals surface area contributed by atoms with Crippen LogP contribution >= 0.6 is 0 Å². The largest absolute Gasteiger partial charge is 0.497 e. The smallest absolute Gasteiger partial charge is 0.227 e. The highest BCUT2D eigenvalue weighted by atomic mass is 16.5. The summed E-state index contributed by atoms with van der Waals surface area (Å²) >= 11 is 0. The van der Waals surface area contributed by atoms with E-state index in [2.05, 4.69) is 15.8 Å². The molecular weight excluding hydrogens is 298 g/mol. The molecule has 2 rings (SSSR count). The Hall–Kier alpha value is -2.83. The highest BCUT2D eigenvalue weighted by Crippen LogP contribution is 2.11. The number of carbonyl (C=O) groups excluding carboxylic acids is 2. The quantitative estimate of drug-likeness (QED) is 0.810. The van der Waals surface area contributed by atoms with Crippen molar-refractivity contribution in [3.63, 3.8) is 0 Å². The van der Waals surface area contributed by atoms with Crippen LogP contribution in [0.4, 0.5) is 5.82 Å². The van der Waals surface area contributed by atoms with Crippen molar-refractivity contribution in [1.29, 1.82) is 0 Å². The maximum atomic E-state index is 11.8. The second-order valence-electron chi connectivity index (χ2n) is 5.00. The lowest BCUT2D eigenvalue weighted by Gasteiger charge is -2.06. The number of hydrogen-bond acceptors (Lipinski definition) is 5. The number of rotatable bonds is 7. The second kappa shape index (κ2) is 7.98. The van der Waals surface area contributed by atoms with Gasteiger partial charge in [-0.25, -0.2) is 0 Å². The van der Waals surface area contributed by atoms with Gasteiger partial charge in [0.1, 0.15) is 11.5 Å². The molecule has 2 N–H and O–H groups in total. The molecule has 0 fully saturated rings. The molecule has 0 saturated carbocycles. The number of nitrogens with zero attached hydrogens (tertiary/aromatic N) is 1. The predicted molar refractivity (Wildman–Crippen MR) is 84.2 cm³/mol. The SMILES string of the molecule is COc1ccc(CC(=O)NCCC(=O)Nc2cc(C)on2)cc1. The summed E-state index contributed by atoms with van der Waals surface area (Å²) in [5.74, 6) is 1.36. The van der Waals surface area contributed by atoms with Gasteiger partial charge >= 0.3 is 0 Å². The Kier molecular flexibility index (Phi) is 5.74. The van der Waals surface area contributed by atoms with Gasteiger partial charge in [0.25, 0.3) is 0 Å². The number of benzene rings is 1. The molecule has 7 nitrogen and oxygen atoms in total. The Morgan fingerprint density at radius 2 is 1.96 bits per heavy atom. The fourth-order valence-corrected chi connectivity index (χ4v) is 1.94. The summed E-state index contributed by atoms with van der Waals surface area (Å²) in [6.07, 6.45) is 0.425. The summed E-state index contributed by atoms with van der Waals surface area (Å²) in [6, 6.07) is 8.89. The zero-order chi connectivity index (χ0) is 16.7. The first-order chi connectivity index (χ1) is 11.1. The second-order valence-corrected chi connectivity index (χ2v) is 5.00. The van der Waals surface area contributed by atoms with Crippen LogP contribution in [0.5, 0.6) is 5.75 Å². The van der Waals surface area contributed by atoms with E-state index >= 15 is 0 Å². The summed E-state index contributed by atoms with van der Waals surface area (Å²) in [4.78, 5) is 23.5. The minimum atomic E-state index is -0.233. The van der Waals surface area contributed by atoms with Crippen molar-refractivity contribution >= 4 is 17.6 Å². The third-order valence-corrected chi connectivity index (χ3v) is 3.09. The Morgan fingerprint density at radius 1 is 1.22 bits per heavy atom. The van der Waals surface area contributed by atoms with E-state index in [-0.39, 0.29) is 31.2 Å². The van der Waals surface area contributed by atoms with E-state index in [1.54, 1.807) is 32.2 Å². The molecule has 1 aromatic carbocycles. The van der Waals surface area contributed by atoms with Crippen molar-refractivity contribution in [3.05, 3.63) is 41.7 Å². The van der Waals surface area contributed by atoms with Gasteiger partial charge < -0.3 is 19.9 Å². The molecule has 0 atom stereocenters. The van der Waals surface area contributed by atoms with Crippen molar-refractivity contribution in [2.45, 2.75) is 19.8 Å². The van der Waals surface area contributed by atoms with Crippen LogP contribution in [0.15, 0.2) is 34.9 Å². The van der Waals surface area contributed by atoms with Gasteiger partial charge in [-0.2, -0.15) is 0 Å². The monoisotopic (exact) mass is 317 g/mol. The first kappa shape index (κ1) is 16.5. The predicted octanol–water partition coefficient (Wildman–Crippen LogP) is 1.68. The van der Waals surface area contributed by atoms with Gasteiger partial charge in [-0.1, -0.05) is 17.3 Å².